The summed E-state index contributed by atoms with van der Waals surface area (Å²) in [6.07, 6.45) is 0. The fourth-order valence-corrected chi connectivity index (χ4v) is 4.02. The van der Waals surface area contributed by atoms with Gasteiger partial charge in [0, 0.05) is 24.2 Å². The van der Waals surface area contributed by atoms with E-state index in [1.807, 2.05) is 31.2 Å². The summed E-state index contributed by atoms with van der Waals surface area (Å²) in [6.45, 7) is 6.44. The Balaban J connectivity index is 1.89. The summed E-state index contributed by atoms with van der Waals surface area (Å²) in [5.74, 6) is -0.155. The minimum Gasteiger partial charge on any atom is -0.384 e. The van der Waals surface area contributed by atoms with Crippen LogP contribution in [-0.4, -0.2) is 20.9 Å². The predicted molar refractivity (Wildman–Crippen MR) is 111 cm³/mol. The van der Waals surface area contributed by atoms with Crippen molar-refractivity contribution in [3.63, 3.8) is 0 Å². The van der Waals surface area contributed by atoms with Gasteiger partial charge in [-0.3, -0.25) is 14.9 Å². The molecule has 1 aliphatic rings. The summed E-state index contributed by atoms with van der Waals surface area (Å²) in [5.41, 5.74) is 8.69. The summed E-state index contributed by atoms with van der Waals surface area (Å²) in [5, 5.41) is 20.2. The molecule has 1 aliphatic heterocycles. The molecule has 1 heterocycles. The van der Waals surface area contributed by atoms with E-state index in [1.54, 1.807) is 4.90 Å². The van der Waals surface area contributed by atoms with Crippen molar-refractivity contribution in [2.75, 3.05) is 0 Å². The van der Waals surface area contributed by atoms with Gasteiger partial charge in [-0.15, -0.1) is 0 Å². The van der Waals surface area contributed by atoms with Gasteiger partial charge in [-0.25, -0.2) is 0 Å². The van der Waals surface area contributed by atoms with Crippen molar-refractivity contribution in [1.82, 2.24) is 4.90 Å². The zero-order valence-electron chi connectivity index (χ0n) is 15.7. The fraction of sp³-hybridized carbons (Fsp3) is 0.143. The van der Waals surface area contributed by atoms with Crippen molar-refractivity contribution in [2.24, 2.45) is 5.73 Å². The number of nitro benzene ring substituents is 1. The van der Waals surface area contributed by atoms with Gasteiger partial charge >= 0.3 is 0 Å². The highest BCUT2D eigenvalue weighted by molar-refractivity contribution is 8.04. The lowest BCUT2D eigenvalue weighted by atomic mass is 10.0. The molecule has 3 rings (SSSR count). The van der Waals surface area contributed by atoms with Crippen LogP contribution in [0.5, 0.6) is 0 Å². The Morgan fingerprint density at radius 2 is 1.90 bits per heavy atom. The Morgan fingerprint density at radius 3 is 2.45 bits per heavy atom. The van der Waals surface area contributed by atoms with E-state index in [-0.39, 0.29) is 28.4 Å². The van der Waals surface area contributed by atoms with Crippen LogP contribution in [0, 0.1) is 28.4 Å². The molecule has 0 saturated heterocycles. The van der Waals surface area contributed by atoms with Crippen molar-refractivity contribution in [3.05, 3.63) is 98.3 Å². The van der Waals surface area contributed by atoms with Crippen molar-refractivity contribution >= 4 is 23.2 Å². The largest absolute Gasteiger partial charge is 0.384 e. The predicted octanol–water partition coefficient (Wildman–Crippen LogP) is 3.87. The molecule has 1 unspecified atom stereocenters. The standard InChI is InChI=1S/C21H18N4O3S/c1-13-3-5-15(6-4-13)12-24-14(2)29-20(18(11-22)21(24)23)19(26)16-7-9-17(10-8-16)25(27)28/h3-10,20H,2,12,23H2,1H3. The van der Waals surface area contributed by atoms with E-state index < -0.39 is 10.2 Å². The zero-order chi connectivity index (χ0) is 21.1. The molecule has 29 heavy (non-hydrogen) atoms. The quantitative estimate of drug-likeness (QED) is 0.455. The Kier molecular flexibility index (Phi) is 5.71. The number of nitrogens with two attached hydrogens (primary N) is 1. The number of aryl methyl sites for hydroxylation is 1. The highest BCUT2D eigenvalue weighted by atomic mass is 32.2. The summed E-state index contributed by atoms with van der Waals surface area (Å²) < 4.78 is 0. The molecule has 0 radical (unpaired) electrons. The average molecular weight is 406 g/mol. The van der Waals surface area contributed by atoms with Gasteiger partial charge in [-0.2, -0.15) is 5.26 Å². The van der Waals surface area contributed by atoms with Crippen molar-refractivity contribution < 1.29 is 9.72 Å². The van der Waals surface area contributed by atoms with Crippen molar-refractivity contribution in [1.29, 1.82) is 5.26 Å². The summed E-state index contributed by atoms with van der Waals surface area (Å²) in [7, 11) is 0. The molecule has 7 nitrogen and oxygen atoms in total. The van der Waals surface area contributed by atoms with E-state index in [1.165, 1.54) is 24.3 Å². The van der Waals surface area contributed by atoms with Gasteiger partial charge in [0.1, 0.15) is 17.1 Å². The van der Waals surface area contributed by atoms with Crippen LogP contribution in [-0.2, 0) is 6.54 Å². The summed E-state index contributed by atoms with van der Waals surface area (Å²) in [4.78, 5) is 24.9. The first-order valence-electron chi connectivity index (χ1n) is 8.69. The molecule has 0 fully saturated rings. The Bertz CT molecular complexity index is 1050. The molecule has 146 valence electrons. The van der Waals surface area contributed by atoms with E-state index in [9.17, 15) is 20.2 Å². The van der Waals surface area contributed by atoms with E-state index >= 15 is 0 Å². The topological polar surface area (TPSA) is 113 Å². The average Bonchev–Trinajstić information content (AvgIpc) is 2.71. The third-order valence-electron chi connectivity index (χ3n) is 4.57. The molecule has 0 saturated carbocycles. The molecular weight excluding hydrogens is 388 g/mol. The molecule has 2 N–H and O–H groups in total. The van der Waals surface area contributed by atoms with Crippen LogP contribution in [0.3, 0.4) is 0 Å². The molecule has 0 spiro atoms. The van der Waals surface area contributed by atoms with E-state index in [0.29, 0.717) is 11.6 Å². The normalized spacial score (nSPS) is 16.5. The molecule has 1 atom stereocenters. The third kappa shape index (κ3) is 4.15. The first-order valence-corrected chi connectivity index (χ1v) is 9.57. The second kappa shape index (κ2) is 8.20. The molecule has 2 aromatic rings. The molecular formula is C21H18N4O3S. The van der Waals surface area contributed by atoms with E-state index in [0.717, 1.165) is 22.9 Å². The number of nitro groups is 1. The van der Waals surface area contributed by atoms with Crippen LogP contribution in [0.25, 0.3) is 0 Å². The number of carbonyl (C=O) groups is 1. The van der Waals surface area contributed by atoms with Gasteiger partial charge in [0.25, 0.3) is 5.69 Å². The van der Waals surface area contributed by atoms with Crippen LogP contribution in [0.1, 0.15) is 21.5 Å². The first-order chi connectivity index (χ1) is 13.8. The van der Waals surface area contributed by atoms with Crippen LogP contribution in [0.2, 0.25) is 0 Å². The minimum atomic E-state index is -0.844. The maximum absolute atomic E-state index is 13.0. The highest BCUT2D eigenvalue weighted by Gasteiger charge is 2.35. The smallest absolute Gasteiger partial charge is 0.269 e. The minimum absolute atomic E-state index is 0.109. The number of non-ortho nitro benzene ring substituents is 1. The van der Waals surface area contributed by atoms with Gasteiger partial charge in [-0.05, 0) is 24.6 Å². The Hall–Kier alpha value is -3.57. The van der Waals surface area contributed by atoms with Gasteiger partial charge < -0.3 is 10.6 Å². The summed E-state index contributed by atoms with van der Waals surface area (Å²) >= 11 is 1.15. The highest BCUT2D eigenvalue weighted by Crippen LogP contribution is 2.39. The second-order valence-electron chi connectivity index (χ2n) is 6.54. The lowest BCUT2D eigenvalue weighted by Gasteiger charge is -2.34. The number of thioether (sulfide) groups is 1. The van der Waals surface area contributed by atoms with Gasteiger partial charge in [0.15, 0.2) is 5.78 Å². The number of ketones is 1. The number of carbonyl (C=O) groups excluding carboxylic acids is 1. The Labute approximate surface area is 172 Å². The number of Topliss-reactive ketones (excluding diaryl/α,β-unsaturated/α-hetero) is 1. The van der Waals surface area contributed by atoms with Crippen molar-refractivity contribution in [3.8, 4) is 6.07 Å². The molecule has 8 heteroatoms. The Morgan fingerprint density at radius 1 is 1.28 bits per heavy atom. The number of benzene rings is 2. The van der Waals surface area contributed by atoms with Crippen LogP contribution < -0.4 is 5.73 Å². The third-order valence-corrected chi connectivity index (χ3v) is 5.74. The fourth-order valence-electron chi connectivity index (χ4n) is 2.92. The number of rotatable bonds is 5. The van der Waals surface area contributed by atoms with Crippen LogP contribution in [0.4, 0.5) is 5.69 Å². The first kappa shape index (κ1) is 20.2. The molecule has 2 aromatic carbocycles. The van der Waals surface area contributed by atoms with Crippen LogP contribution in [0.15, 0.2) is 71.5 Å². The summed E-state index contributed by atoms with van der Waals surface area (Å²) in [6, 6.07) is 15.3. The van der Waals surface area contributed by atoms with E-state index in [4.69, 9.17) is 5.73 Å². The van der Waals surface area contributed by atoms with Crippen molar-refractivity contribution in [2.45, 2.75) is 18.7 Å². The lowest BCUT2D eigenvalue weighted by Crippen LogP contribution is -2.36. The van der Waals surface area contributed by atoms with E-state index in [2.05, 4.69) is 12.6 Å². The number of nitrogens with zero attached hydrogens (tertiary/aromatic N) is 3. The van der Waals surface area contributed by atoms with Gasteiger partial charge in [-0.1, -0.05) is 48.2 Å². The zero-order valence-corrected chi connectivity index (χ0v) is 16.5. The number of nitriles is 1. The molecule has 0 bridgehead atoms. The molecule has 0 aromatic heterocycles. The SMILES string of the molecule is C=C1SC(C(=O)c2ccc([N+](=O)[O-])cc2)C(C#N)=C(N)N1Cc1ccc(C)cc1. The number of hydrogen-bond acceptors (Lipinski definition) is 7. The lowest BCUT2D eigenvalue weighted by molar-refractivity contribution is -0.384. The molecule has 0 aliphatic carbocycles. The maximum atomic E-state index is 13.0. The van der Waals surface area contributed by atoms with Gasteiger partial charge in [0.2, 0.25) is 0 Å². The maximum Gasteiger partial charge on any atom is 0.269 e. The second-order valence-corrected chi connectivity index (χ2v) is 7.72. The number of hydrogen-bond donors (Lipinski definition) is 1. The van der Waals surface area contributed by atoms with Gasteiger partial charge in [0.05, 0.1) is 15.5 Å². The van der Waals surface area contributed by atoms with Crippen LogP contribution >= 0.6 is 11.8 Å². The molecule has 0 amide bonds. The monoisotopic (exact) mass is 406 g/mol.